The van der Waals surface area contributed by atoms with Crippen molar-refractivity contribution in [2.45, 2.75) is 53.7 Å². The van der Waals surface area contributed by atoms with Crippen LogP contribution in [0.4, 0.5) is 0 Å². The standard InChI is InChI=1S/C15H28N2OS/c1-5-6-13(4)9-18-10-14-11-19-15(17-14)8-16-7-12(2)3/h11-13,16H,5-10H2,1-4H3. The largest absolute Gasteiger partial charge is 0.375 e. The molecule has 1 N–H and O–H groups in total. The van der Waals surface area contributed by atoms with Crippen molar-refractivity contribution in [3.05, 3.63) is 16.1 Å². The summed E-state index contributed by atoms with van der Waals surface area (Å²) in [7, 11) is 0. The Balaban J connectivity index is 2.19. The lowest BCUT2D eigenvalue weighted by Gasteiger charge is -2.09. The monoisotopic (exact) mass is 284 g/mol. The van der Waals surface area contributed by atoms with Gasteiger partial charge >= 0.3 is 0 Å². The third-order valence-corrected chi connectivity index (χ3v) is 3.76. The smallest absolute Gasteiger partial charge is 0.107 e. The Morgan fingerprint density at radius 1 is 1.37 bits per heavy atom. The summed E-state index contributed by atoms with van der Waals surface area (Å²) in [6.07, 6.45) is 2.47. The van der Waals surface area contributed by atoms with E-state index in [0.29, 0.717) is 18.4 Å². The summed E-state index contributed by atoms with van der Waals surface area (Å²) in [6.45, 7) is 12.3. The zero-order valence-electron chi connectivity index (χ0n) is 12.7. The number of rotatable bonds is 10. The number of nitrogens with zero attached hydrogens (tertiary/aromatic N) is 1. The van der Waals surface area contributed by atoms with E-state index in [-0.39, 0.29) is 0 Å². The van der Waals surface area contributed by atoms with Crippen LogP contribution < -0.4 is 5.32 Å². The van der Waals surface area contributed by atoms with E-state index >= 15 is 0 Å². The van der Waals surface area contributed by atoms with Gasteiger partial charge in [-0.05, 0) is 24.8 Å². The third-order valence-electron chi connectivity index (χ3n) is 2.86. The first-order chi connectivity index (χ1) is 9.11. The summed E-state index contributed by atoms with van der Waals surface area (Å²) < 4.78 is 5.71. The second-order valence-corrected chi connectivity index (χ2v) is 6.61. The minimum absolute atomic E-state index is 0.648. The van der Waals surface area contributed by atoms with Gasteiger partial charge in [0, 0.05) is 18.5 Å². The molecule has 0 aliphatic heterocycles. The van der Waals surface area contributed by atoms with Gasteiger partial charge in [-0.3, -0.25) is 0 Å². The fraction of sp³-hybridized carbons (Fsp3) is 0.800. The highest BCUT2D eigenvalue weighted by molar-refractivity contribution is 7.09. The fourth-order valence-electron chi connectivity index (χ4n) is 1.90. The molecular weight excluding hydrogens is 256 g/mol. The molecule has 1 heterocycles. The molecule has 1 unspecified atom stereocenters. The topological polar surface area (TPSA) is 34.1 Å². The molecule has 0 amide bonds. The van der Waals surface area contributed by atoms with E-state index in [1.165, 1.54) is 12.8 Å². The highest BCUT2D eigenvalue weighted by Crippen LogP contribution is 2.12. The molecular formula is C15H28N2OS. The summed E-state index contributed by atoms with van der Waals surface area (Å²) in [5.74, 6) is 1.33. The number of ether oxygens (including phenoxy) is 1. The molecule has 0 aliphatic carbocycles. The van der Waals surface area contributed by atoms with E-state index < -0.39 is 0 Å². The van der Waals surface area contributed by atoms with Gasteiger partial charge in [0.1, 0.15) is 5.01 Å². The molecule has 1 atom stereocenters. The molecule has 1 aromatic rings. The third kappa shape index (κ3) is 7.65. The van der Waals surface area contributed by atoms with Crippen molar-refractivity contribution >= 4 is 11.3 Å². The van der Waals surface area contributed by atoms with E-state index in [1.54, 1.807) is 11.3 Å². The van der Waals surface area contributed by atoms with Crippen LogP contribution in [0.15, 0.2) is 5.38 Å². The predicted molar refractivity (Wildman–Crippen MR) is 82.4 cm³/mol. The van der Waals surface area contributed by atoms with Crippen molar-refractivity contribution in [2.75, 3.05) is 13.2 Å². The Morgan fingerprint density at radius 3 is 2.84 bits per heavy atom. The zero-order chi connectivity index (χ0) is 14.1. The molecule has 0 spiro atoms. The average Bonchev–Trinajstić information content (AvgIpc) is 2.77. The van der Waals surface area contributed by atoms with Crippen LogP contribution in [0.2, 0.25) is 0 Å². The maximum Gasteiger partial charge on any atom is 0.107 e. The summed E-state index contributed by atoms with van der Waals surface area (Å²) in [4.78, 5) is 4.58. The minimum Gasteiger partial charge on any atom is -0.375 e. The predicted octanol–water partition coefficient (Wildman–Crippen LogP) is 3.84. The number of nitrogens with one attached hydrogen (secondary N) is 1. The van der Waals surface area contributed by atoms with Crippen LogP contribution >= 0.6 is 11.3 Å². The maximum atomic E-state index is 5.71. The molecule has 0 bridgehead atoms. The molecule has 1 rings (SSSR count). The highest BCUT2D eigenvalue weighted by atomic mass is 32.1. The molecule has 4 heteroatoms. The van der Waals surface area contributed by atoms with E-state index in [0.717, 1.165) is 30.4 Å². The summed E-state index contributed by atoms with van der Waals surface area (Å²) >= 11 is 1.72. The Bertz CT molecular complexity index is 339. The number of aromatic nitrogens is 1. The lowest BCUT2D eigenvalue weighted by atomic mass is 10.1. The lowest BCUT2D eigenvalue weighted by molar-refractivity contribution is 0.0874. The van der Waals surface area contributed by atoms with Crippen LogP contribution in [-0.2, 0) is 17.9 Å². The molecule has 0 saturated carbocycles. The van der Waals surface area contributed by atoms with E-state index in [2.05, 4.69) is 43.4 Å². The van der Waals surface area contributed by atoms with Crippen molar-refractivity contribution < 1.29 is 4.74 Å². The average molecular weight is 284 g/mol. The van der Waals surface area contributed by atoms with Crippen molar-refractivity contribution in [1.82, 2.24) is 10.3 Å². The zero-order valence-corrected chi connectivity index (χ0v) is 13.6. The molecule has 19 heavy (non-hydrogen) atoms. The van der Waals surface area contributed by atoms with Crippen molar-refractivity contribution in [1.29, 1.82) is 0 Å². The van der Waals surface area contributed by atoms with Gasteiger partial charge in [-0.15, -0.1) is 11.3 Å². The Labute approximate surface area is 121 Å². The SMILES string of the molecule is CCCC(C)COCc1csc(CNCC(C)C)n1. The Hall–Kier alpha value is -0.450. The molecule has 3 nitrogen and oxygen atoms in total. The quantitative estimate of drug-likeness (QED) is 0.709. The highest BCUT2D eigenvalue weighted by Gasteiger charge is 2.04. The minimum atomic E-state index is 0.648. The van der Waals surface area contributed by atoms with Crippen LogP contribution in [-0.4, -0.2) is 18.1 Å². The first kappa shape index (κ1) is 16.6. The van der Waals surface area contributed by atoms with Crippen LogP contribution in [0.25, 0.3) is 0 Å². The van der Waals surface area contributed by atoms with E-state index in [4.69, 9.17) is 4.74 Å². The normalized spacial score (nSPS) is 13.1. The van der Waals surface area contributed by atoms with Crippen LogP contribution in [0.5, 0.6) is 0 Å². The first-order valence-electron chi connectivity index (χ1n) is 7.33. The van der Waals surface area contributed by atoms with Gasteiger partial charge in [-0.2, -0.15) is 0 Å². The molecule has 0 aliphatic rings. The summed E-state index contributed by atoms with van der Waals surface area (Å²) in [5, 5.41) is 6.67. The van der Waals surface area contributed by atoms with Gasteiger partial charge in [-0.1, -0.05) is 34.1 Å². The van der Waals surface area contributed by atoms with Crippen LogP contribution in [0.3, 0.4) is 0 Å². The second kappa shape index (κ2) is 9.45. The molecule has 0 saturated heterocycles. The van der Waals surface area contributed by atoms with Gasteiger partial charge < -0.3 is 10.1 Å². The number of hydrogen-bond acceptors (Lipinski definition) is 4. The van der Waals surface area contributed by atoms with Gasteiger partial charge in [0.2, 0.25) is 0 Å². The molecule has 1 aromatic heterocycles. The van der Waals surface area contributed by atoms with Gasteiger partial charge in [0.05, 0.1) is 12.3 Å². The van der Waals surface area contributed by atoms with Crippen LogP contribution in [0, 0.1) is 11.8 Å². The van der Waals surface area contributed by atoms with Gasteiger partial charge in [0.15, 0.2) is 0 Å². The summed E-state index contributed by atoms with van der Waals surface area (Å²) in [6, 6.07) is 0. The molecule has 0 fully saturated rings. The van der Waals surface area contributed by atoms with E-state index in [9.17, 15) is 0 Å². The van der Waals surface area contributed by atoms with Crippen molar-refractivity contribution in [2.24, 2.45) is 11.8 Å². The van der Waals surface area contributed by atoms with Crippen molar-refractivity contribution in [3.8, 4) is 0 Å². The molecule has 0 radical (unpaired) electrons. The lowest BCUT2D eigenvalue weighted by Crippen LogP contribution is -2.18. The Kier molecular flexibility index (Phi) is 8.26. The number of hydrogen-bond donors (Lipinski definition) is 1. The van der Waals surface area contributed by atoms with Crippen LogP contribution in [0.1, 0.15) is 51.2 Å². The van der Waals surface area contributed by atoms with E-state index in [1.807, 2.05) is 0 Å². The first-order valence-corrected chi connectivity index (χ1v) is 8.21. The maximum absolute atomic E-state index is 5.71. The van der Waals surface area contributed by atoms with Gasteiger partial charge in [0.25, 0.3) is 0 Å². The van der Waals surface area contributed by atoms with Crippen molar-refractivity contribution in [3.63, 3.8) is 0 Å². The molecule has 110 valence electrons. The fourth-order valence-corrected chi connectivity index (χ4v) is 2.65. The molecule has 0 aromatic carbocycles. The second-order valence-electron chi connectivity index (χ2n) is 5.67. The summed E-state index contributed by atoms with van der Waals surface area (Å²) in [5.41, 5.74) is 1.06. The number of thiazole rings is 1. The van der Waals surface area contributed by atoms with Gasteiger partial charge in [-0.25, -0.2) is 4.98 Å². The Morgan fingerprint density at radius 2 is 2.16 bits per heavy atom.